The van der Waals surface area contributed by atoms with Crippen LogP contribution in [0.4, 0.5) is 0 Å². The summed E-state index contributed by atoms with van der Waals surface area (Å²) in [5, 5.41) is 17.4. The highest BCUT2D eigenvalue weighted by Crippen LogP contribution is 2.19. The van der Waals surface area contributed by atoms with E-state index in [4.69, 9.17) is 4.42 Å². The molecule has 0 aliphatic rings. The first-order valence-corrected chi connectivity index (χ1v) is 6.23. The van der Waals surface area contributed by atoms with Gasteiger partial charge in [0.2, 0.25) is 11.8 Å². The number of hydrogen-bond acceptors (Lipinski definition) is 5. The van der Waals surface area contributed by atoms with Crippen LogP contribution in [0.3, 0.4) is 0 Å². The Balaban J connectivity index is 2.10. The zero-order chi connectivity index (χ0) is 13.9. The molecule has 0 radical (unpaired) electrons. The van der Waals surface area contributed by atoms with Crippen molar-refractivity contribution in [2.24, 2.45) is 0 Å². The number of aromatic nitrogens is 2. The monoisotopic (exact) mass is 261 g/mol. The van der Waals surface area contributed by atoms with Crippen molar-refractivity contribution in [1.82, 2.24) is 15.1 Å². The highest BCUT2D eigenvalue weighted by Gasteiger charge is 2.24. The predicted molar refractivity (Wildman–Crippen MR) is 72.4 cm³/mol. The first-order chi connectivity index (χ1) is 9.03. The molecule has 1 aromatic heterocycles. The average molecular weight is 261 g/mol. The first kappa shape index (κ1) is 13.7. The van der Waals surface area contributed by atoms with E-state index in [1.54, 1.807) is 0 Å². The normalized spacial score (nSPS) is 12.1. The summed E-state index contributed by atoms with van der Waals surface area (Å²) in [6, 6.07) is 9.66. The van der Waals surface area contributed by atoms with Crippen molar-refractivity contribution in [3.63, 3.8) is 0 Å². The lowest BCUT2D eigenvalue weighted by atomic mass is 10.1. The van der Waals surface area contributed by atoms with E-state index >= 15 is 0 Å². The van der Waals surface area contributed by atoms with Crippen molar-refractivity contribution in [1.29, 1.82) is 0 Å². The van der Waals surface area contributed by atoms with E-state index in [-0.39, 0.29) is 12.1 Å². The topological polar surface area (TPSA) is 62.4 Å². The summed E-state index contributed by atoms with van der Waals surface area (Å²) in [5.41, 5.74) is 0.590. The summed E-state index contributed by atoms with van der Waals surface area (Å²) in [6.45, 7) is 4.50. The third-order valence-corrected chi connectivity index (χ3v) is 3.28. The molecule has 0 bridgehead atoms. The molecule has 0 saturated heterocycles. The molecule has 0 spiro atoms. The summed E-state index contributed by atoms with van der Waals surface area (Å²) < 4.78 is 5.63. The number of nitrogens with zero attached hydrogens (tertiary/aromatic N) is 3. The molecule has 2 aromatic rings. The summed E-state index contributed by atoms with van der Waals surface area (Å²) in [6.07, 6.45) is 0. The molecule has 0 amide bonds. The first-order valence-electron chi connectivity index (χ1n) is 6.23. The van der Waals surface area contributed by atoms with Crippen molar-refractivity contribution < 1.29 is 9.52 Å². The molecule has 0 unspecified atom stereocenters. The van der Waals surface area contributed by atoms with Crippen molar-refractivity contribution in [3.8, 4) is 11.5 Å². The fraction of sp³-hybridized carbons (Fsp3) is 0.429. The van der Waals surface area contributed by atoms with Gasteiger partial charge < -0.3 is 9.52 Å². The lowest BCUT2D eigenvalue weighted by molar-refractivity contribution is 0.0670. The molecule has 0 aliphatic heterocycles. The van der Waals surface area contributed by atoms with Crippen LogP contribution < -0.4 is 0 Å². The van der Waals surface area contributed by atoms with Crippen LogP contribution in [0.1, 0.15) is 19.7 Å². The molecule has 0 aliphatic carbocycles. The van der Waals surface area contributed by atoms with Gasteiger partial charge in [-0.3, -0.25) is 4.90 Å². The van der Waals surface area contributed by atoms with Crippen LogP contribution in [0, 0.1) is 0 Å². The zero-order valence-corrected chi connectivity index (χ0v) is 11.5. The maximum absolute atomic E-state index is 9.32. The fourth-order valence-electron chi connectivity index (χ4n) is 1.55. The zero-order valence-electron chi connectivity index (χ0n) is 11.5. The van der Waals surface area contributed by atoms with Crippen molar-refractivity contribution in [2.75, 3.05) is 13.7 Å². The van der Waals surface area contributed by atoms with E-state index in [0.29, 0.717) is 18.3 Å². The summed E-state index contributed by atoms with van der Waals surface area (Å²) in [5.74, 6) is 1.06. The molecule has 1 aromatic carbocycles. The molecule has 0 saturated carbocycles. The Morgan fingerprint density at radius 1 is 1.21 bits per heavy atom. The number of rotatable bonds is 5. The smallest absolute Gasteiger partial charge is 0.247 e. The predicted octanol–water partition coefficient (Wildman–Crippen LogP) is 1.94. The Hall–Kier alpha value is -1.72. The molecule has 19 heavy (non-hydrogen) atoms. The van der Waals surface area contributed by atoms with Gasteiger partial charge in [0.1, 0.15) is 0 Å². The number of benzene rings is 1. The Morgan fingerprint density at radius 2 is 1.89 bits per heavy atom. The van der Waals surface area contributed by atoms with Crippen molar-refractivity contribution in [3.05, 3.63) is 36.2 Å². The van der Waals surface area contributed by atoms with E-state index in [0.717, 1.165) is 5.56 Å². The Kier molecular flexibility index (Phi) is 3.97. The van der Waals surface area contributed by atoms with Gasteiger partial charge in [-0.15, -0.1) is 10.2 Å². The molecule has 102 valence electrons. The molecule has 5 nitrogen and oxygen atoms in total. The van der Waals surface area contributed by atoms with E-state index in [2.05, 4.69) is 10.2 Å². The minimum atomic E-state index is -0.318. The van der Waals surface area contributed by atoms with Gasteiger partial charge in [0.25, 0.3) is 0 Å². The Morgan fingerprint density at radius 3 is 2.53 bits per heavy atom. The van der Waals surface area contributed by atoms with Gasteiger partial charge >= 0.3 is 0 Å². The second-order valence-corrected chi connectivity index (χ2v) is 5.19. The number of aliphatic hydroxyl groups is 1. The van der Waals surface area contributed by atoms with Crippen LogP contribution in [-0.2, 0) is 6.54 Å². The van der Waals surface area contributed by atoms with Crippen molar-refractivity contribution >= 4 is 0 Å². The molecular formula is C14H19N3O2. The second-order valence-electron chi connectivity index (χ2n) is 5.19. The molecule has 0 atom stereocenters. The number of hydrogen-bond donors (Lipinski definition) is 1. The van der Waals surface area contributed by atoms with E-state index < -0.39 is 0 Å². The van der Waals surface area contributed by atoms with Crippen LogP contribution in [0.15, 0.2) is 34.7 Å². The van der Waals surface area contributed by atoms with Gasteiger partial charge in [-0.05, 0) is 33.0 Å². The number of aliphatic hydroxyl groups excluding tert-OH is 1. The number of likely N-dealkylation sites (N-methyl/N-ethyl adjacent to an activating group) is 1. The van der Waals surface area contributed by atoms with Crippen LogP contribution in [0.5, 0.6) is 0 Å². The molecule has 5 heteroatoms. The van der Waals surface area contributed by atoms with E-state index in [9.17, 15) is 5.11 Å². The lowest BCUT2D eigenvalue weighted by Gasteiger charge is -2.32. The minimum absolute atomic E-state index is 0.0726. The average Bonchev–Trinajstić information content (AvgIpc) is 2.88. The molecule has 0 fully saturated rings. The SMILES string of the molecule is CN(Cc1nnc(-c2ccccc2)o1)C(C)(C)CO. The van der Waals surface area contributed by atoms with Gasteiger partial charge in [0, 0.05) is 11.1 Å². The van der Waals surface area contributed by atoms with Gasteiger partial charge in [0.05, 0.1) is 13.2 Å². The molecule has 1 N–H and O–H groups in total. The van der Waals surface area contributed by atoms with Gasteiger partial charge in [0.15, 0.2) is 0 Å². The van der Waals surface area contributed by atoms with Crippen LogP contribution >= 0.6 is 0 Å². The molecule has 2 rings (SSSR count). The maximum Gasteiger partial charge on any atom is 0.247 e. The Labute approximate surface area is 112 Å². The highest BCUT2D eigenvalue weighted by molar-refractivity contribution is 5.51. The second kappa shape index (κ2) is 5.50. The van der Waals surface area contributed by atoms with Crippen LogP contribution in [0.25, 0.3) is 11.5 Å². The third-order valence-electron chi connectivity index (χ3n) is 3.28. The van der Waals surface area contributed by atoms with Gasteiger partial charge in [-0.2, -0.15) is 0 Å². The van der Waals surface area contributed by atoms with Gasteiger partial charge in [-0.1, -0.05) is 18.2 Å². The van der Waals surface area contributed by atoms with E-state index in [1.807, 2.05) is 56.1 Å². The van der Waals surface area contributed by atoms with Crippen LogP contribution in [0.2, 0.25) is 0 Å². The van der Waals surface area contributed by atoms with Crippen molar-refractivity contribution in [2.45, 2.75) is 25.9 Å². The summed E-state index contributed by atoms with van der Waals surface area (Å²) >= 11 is 0. The molecule has 1 heterocycles. The molecular weight excluding hydrogens is 242 g/mol. The fourth-order valence-corrected chi connectivity index (χ4v) is 1.55. The Bertz CT molecular complexity index is 522. The van der Waals surface area contributed by atoms with Gasteiger partial charge in [-0.25, -0.2) is 0 Å². The quantitative estimate of drug-likeness (QED) is 0.891. The van der Waals surface area contributed by atoms with Crippen LogP contribution in [-0.4, -0.2) is 39.4 Å². The lowest BCUT2D eigenvalue weighted by Crippen LogP contribution is -2.43. The largest absolute Gasteiger partial charge is 0.419 e. The minimum Gasteiger partial charge on any atom is -0.419 e. The standard InChI is InChI=1S/C14H19N3O2/c1-14(2,10-18)17(3)9-12-15-16-13(19-12)11-7-5-4-6-8-11/h4-8,18H,9-10H2,1-3H3. The maximum atomic E-state index is 9.32. The van der Waals surface area contributed by atoms with E-state index in [1.165, 1.54) is 0 Å². The summed E-state index contributed by atoms with van der Waals surface area (Å²) in [7, 11) is 1.92. The summed E-state index contributed by atoms with van der Waals surface area (Å²) in [4.78, 5) is 1.98. The third kappa shape index (κ3) is 3.19. The highest BCUT2D eigenvalue weighted by atomic mass is 16.4.